The molecule has 0 aromatic carbocycles. The maximum Gasteiger partial charge on any atom is 0.340 e. The fraction of sp³-hybridized carbons (Fsp3) is 0.364. The van der Waals surface area contributed by atoms with Crippen LogP contribution < -0.4 is 16.4 Å². The summed E-state index contributed by atoms with van der Waals surface area (Å²) in [5.41, 5.74) is 7.38. The molecule has 0 fully saturated rings. The van der Waals surface area contributed by atoms with Gasteiger partial charge in [0.15, 0.2) is 0 Å². The molecule has 4 heterocycles. The number of hydrogen-bond acceptors (Lipinski definition) is 8. The number of nitrogens with two attached hydrogens (primary N) is 1. The zero-order chi connectivity index (χ0) is 21.7. The van der Waals surface area contributed by atoms with Crippen molar-refractivity contribution in [3.8, 4) is 0 Å². The highest BCUT2D eigenvalue weighted by molar-refractivity contribution is 5.96. The van der Waals surface area contributed by atoms with E-state index in [0.717, 1.165) is 22.2 Å². The molecule has 0 unspecified atom stereocenters. The topological polar surface area (TPSA) is 115 Å². The molecule has 4 N–H and O–H groups in total. The first-order chi connectivity index (χ1) is 14.1. The number of hydrogen-bond donors (Lipinski definition) is 3. The molecule has 0 saturated carbocycles. The lowest BCUT2D eigenvalue weighted by atomic mass is 9.93. The van der Waals surface area contributed by atoms with E-state index >= 15 is 0 Å². The molecule has 3 aromatic heterocycles. The highest BCUT2D eigenvalue weighted by Gasteiger charge is 2.33. The highest BCUT2D eigenvalue weighted by atomic mass is 16.6. The third-order valence-electron chi connectivity index (χ3n) is 5.12. The van der Waals surface area contributed by atoms with E-state index in [4.69, 9.17) is 10.5 Å². The van der Waals surface area contributed by atoms with E-state index in [1.165, 1.54) is 0 Å². The number of rotatable bonds is 4. The molecule has 8 heteroatoms. The molecule has 1 aliphatic rings. The van der Waals surface area contributed by atoms with Gasteiger partial charge in [0.25, 0.3) is 0 Å². The second-order valence-corrected chi connectivity index (χ2v) is 8.75. The van der Waals surface area contributed by atoms with Crippen molar-refractivity contribution in [1.82, 2.24) is 15.0 Å². The predicted octanol–water partition coefficient (Wildman–Crippen LogP) is 3.50. The van der Waals surface area contributed by atoms with E-state index in [1.807, 2.05) is 40.8 Å². The summed E-state index contributed by atoms with van der Waals surface area (Å²) >= 11 is 0. The highest BCUT2D eigenvalue weighted by Crippen LogP contribution is 2.32. The lowest BCUT2D eigenvalue weighted by molar-refractivity contribution is -0.00714. The van der Waals surface area contributed by atoms with Gasteiger partial charge in [0.1, 0.15) is 23.1 Å². The minimum absolute atomic E-state index is 0.342. The second kappa shape index (κ2) is 6.91. The molecule has 3 aromatic rings. The number of esters is 1. The average molecular weight is 406 g/mol. The van der Waals surface area contributed by atoms with Crippen LogP contribution in [0.2, 0.25) is 0 Å². The Bertz CT molecular complexity index is 1150. The normalized spacial score (nSPS) is 15.5. The van der Waals surface area contributed by atoms with E-state index < -0.39 is 11.1 Å². The van der Waals surface area contributed by atoms with Crippen LogP contribution in [0.5, 0.6) is 0 Å². The summed E-state index contributed by atoms with van der Waals surface area (Å²) in [5, 5.41) is 8.19. The van der Waals surface area contributed by atoms with E-state index in [2.05, 4.69) is 25.6 Å². The van der Waals surface area contributed by atoms with Crippen molar-refractivity contribution < 1.29 is 9.53 Å². The fourth-order valence-corrected chi connectivity index (χ4v) is 3.68. The Morgan fingerprint density at radius 3 is 2.60 bits per heavy atom. The molecule has 8 nitrogen and oxygen atoms in total. The lowest BCUT2D eigenvalue weighted by Gasteiger charge is -2.30. The number of ether oxygens (including phenoxy) is 1. The number of cyclic esters (lactones) is 1. The number of anilines is 3. The third-order valence-corrected chi connectivity index (χ3v) is 5.12. The van der Waals surface area contributed by atoms with Crippen molar-refractivity contribution in [2.24, 2.45) is 5.73 Å². The Morgan fingerprint density at radius 2 is 1.90 bits per heavy atom. The van der Waals surface area contributed by atoms with E-state index in [9.17, 15) is 4.79 Å². The molecule has 156 valence electrons. The SMILES string of the molecule is CNc1ncc(C(C)(C)N)c2cc(Nc3ccc4c(n3)CC(C)(C)OC4=O)ncc12. The van der Waals surface area contributed by atoms with Crippen molar-refractivity contribution in [3.63, 3.8) is 0 Å². The van der Waals surface area contributed by atoms with Crippen LogP contribution in [0.1, 0.15) is 49.3 Å². The van der Waals surface area contributed by atoms with Crippen LogP contribution in [0.4, 0.5) is 17.5 Å². The van der Waals surface area contributed by atoms with Gasteiger partial charge in [-0.2, -0.15) is 0 Å². The van der Waals surface area contributed by atoms with Crippen LogP contribution in [0, 0.1) is 0 Å². The molecule has 0 saturated heterocycles. The maximum absolute atomic E-state index is 12.2. The molecular formula is C22H26N6O2. The molecule has 1 aliphatic heterocycles. The smallest absolute Gasteiger partial charge is 0.340 e. The number of nitrogens with one attached hydrogen (secondary N) is 2. The first-order valence-corrected chi connectivity index (χ1v) is 9.83. The van der Waals surface area contributed by atoms with Gasteiger partial charge in [-0.25, -0.2) is 19.7 Å². The van der Waals surface area contributed by atoms with Gasteiger partial charge in [-0.3, -0.25) is 0 Å². The molecule has 0 spiro atoms. The number of pyridine rings is 3. The molecule has 0 radical (unpaired) electrons. The Labute approximate surface area is 175 Å². The maximum atomic E-state index is 12.2. The van der Waals surface area contributed by atoms with Crippen LogP contribution in [0.15, 0.2) is 30.6 Å². The Kier molecular flexibility index (Phi) is 4.62. The van der Waals surface area contributed by atoms with E-state index in [0.29, 0.717) is 29.3 Å². The molecule has 0 amide bonds. The quantitative estimate of drug-likeness (QED) is 0.564. The molecule has 0 atom stereocenters. The second-order valence-electron chi connectivity index (χ2n) is 8.75. The average Bonchev–Trinajstić information content (AvgIpc) is 2.64. The summed E-state index contributed by atoms with van der Waals surface area (Å²) in [7, 11) is 1.82. The number of aromatic nitrogens is 3. The summed E-state index contributed by atoms with van der Waals surface area (Å²) in [4.78, 5) is 25.8. The summed E-state index contributed by atoms with van der Waals surface area (Å²) in [5.74, 6) is 1.64. The van der Waals surface area contributed by atoms with Crippen molar-refractivity contribution in [2.45, 2.75) is 45.3 Å². The van der Waals surface area contributed by atoms with Gasteiger partial charge in [0.2, 0.25) is 0 Å². The van der Waals surface area contributed by atoms with E-state index in [-0.39, 0.29) is 5.97 Å². The van der Waals surface area contributed by atoms with Gasteiger partial charge in [-0.15, -0.1) is 0 Å². The molecule has 30 heavy (non-hydrogen) atoms. The Hall–Kier alpha value is -3.26. The molecule has 0 bridgehead atoms. The number of fused-ring (bicyclic) bond motifs is 2. The van der Waals surface area contributed by atoms with Gasteiger partial charge in [0.05, 0.1) is 11.3 Å². The number of carbonyl (C=O) groups is 1. The largest absolute Gasteiger partial charge is 0.456 e. The zero-order valence-corrected chi connectivity index (χ0v) is 17.8. The van der Waals surface area contributed by atoms with Gasteiger partial charge < -0.3 is 21.1 Å². The monoisotopic (exact) mass is 406 g/mol. The Balaban J connectivity index is 1.74. The fourth-order valence-electron chi connectivity index (χ4n) is 3.68. The molecular weight excluding hydrogens is 380 g/mol. The summed E-state index contributed by atoms with van der Waals surface area (Å²) in [6.07, 6.45) is 4.12. The van der Waals surface area contributed by atoms with Crippen LogP contribution in [0.25, 0.3) is 10.8 Å². The summed E-state index contributed by atoms with van der Waals surface area (Å²) < 4.78 is 5.44. The zero-order valence-electron chi connectivity index (χ0n) is 17.8. The van der Waals surface area contributed by atoms with Crippen molar-refractivity contribution in [1.29, 1.82) is 0 Å². The molecule has 4 rings (SSSR count). The minimum Gasteiger partial charge on any atom is -0.456 e. The summed E-state index contributed by atoms with van der Waals surface area (Å²) in [6.45, 7) is 7.65. The van der Waals surface area contributed by atoms with Crippen LogP contribution >= 0.6 is 0 Å². The van der Waals surface area contributed by atoms with Crippen molar-refractivity contribution in [2.75, 3.05) is 17.7 Å². The van der Waals surface area contributed by atoms with Crippen LogP contribution in [0.3, 0.4) is 0 Å². The standard InChI is InChI=1S/C22H26N6O2/c1-21(2)9-16-12(20(29)30-21)6-7-17(27-16)28-18-8-13-14(10-25-18)19(24-5)26-11-15(13)22(3,4)23/h6-8,10-11H,9,23H2,1-5H3,(H,24,26)(H,25,27,28). The van der Waals surface area contributed by atoms with Gasteiger partial charge in [-0.1, -0.05) is 0 Å². The first kappa shape index (κ1) is 20.0. The van der Waals surface area contributed by atoms with Crippen LogP contribution in [-0.4, -0.2) is 33.6 Å². The van der Waals surface area contributed by atoms with Crippen molar-refractivity contribution >= 4 is 34.2 Å². The summed E-state index contributed by atoms with van der Waals surface area (Å²) in [6, 6.07) is 5.44. The first-order valence-electron chi connectivity index (χ1n) is 9.83. The van der Waals surface area contributed by atoms with Gasteiger partial charge in [-0.05, 0) is 56.8 Å². The predicted molar refractivity (Wildman–Crippen MR) is 117 cm³/mol. The van der Waals surface area contributed by atoms with Crippen LogP contribution in [-0.2, 0) is 16.7 Å². The van der Waals surface area contributed by atoms with Gasteiger partial charge in [0, 0.05) is 36.8 Å². The molecule has 0 aliphatic carbocycles. The van der Waals surface area contributed by atoms with Gasteiger partial charge >= 0.3 is 5.97 Å². The number of carbonyl (C=O) groups excluding carboxylic acids is 1. The van der Waals surface area contributed by atoms with E-state index in [1.54, 1.807) is 24.5 Å². The Morgan fingerprint density at radius 1 is 1.13 bits per heavy atom. The number of nitrogens with zero attached hydrogens (tertiary/aromatic N) is 3. The minimum atomic E-state index is -0.574. The third kappa shape index (κ3) is 3.66. The van der Waals surface area contributed by atoms with Crippen molar-refractivity contribution in [3.05, 3.63) is 47.4 Å². The lowest BCUT2D eigenvalue weighted by Crippen LogP contribution is -2.36.